The predicted molar refractivity (Wildman–Crippen MR) is 107 cm³/mol. The third-order valence-corrected chi connectivity index (χ3v) is 6.75. The van der Waals surface area contributed by atoms with Gasteiger partial charge in [-0.2, -0.15) is 0 Å². The summed E-state index contributed by atoms with van der Waals surface area (Å²) in [5.41, 5.74) is 1.58. The second-order valence-corrected chi connectivity index (χ2v) is 9.32. The molecule has 2 aliphatic heterocycles. The van der Waals surface area contributed by atoms with Gasteiger partial charge in [0.15, 0.2) is 0 Å². The van der Waals surface area contributed by atoms with Gasteiger partial charge in [-0.15, -0.1) is 0 Å². The van der Waals surface area contributed by atoms with E-state index in [1.807, 2.05) is 18.7 Å². The molecule has 0 radical (unpaired) electrons. The van der Waals surface area contributed by atoms with Gasteiger partial charge in [-0.25, -0.2) is 8.78 Å². The van der Waals surface area contributed by atoms with Crippen LogP contribution < -0.4 is 0 Å². The molecule has 2 nitrogen and oxygen atoms in total. The molecule has 2 heterocycles. The second-order valence-electron chi connectivity index (χ2n) is 9.32. The molecule has 1 fully saturated rings. The van der Waals surface area contributed by atoms with E-state index in [0.717, 1.165) is 32.5 Å². The first-order chi connectivity index (χ1) is 12.1. The van der Waals surface area contributed by atoms with Gasteiger partial charge in [0.05, 0.1) is 6.54 Å². The maximum absolute atomic E-state index is 14.5. The Kier molecular flexibility index (Phi) is 7.67. The highest BCUT2D eigenvalue weighted by Crippen LogP contribution is 2.38. The Hall–Kier alpha value is -0.480. The van der Waals surface area contributed by atoms with Crippen LogP contribution in [-0.4, -0.2) is 54.0 Å². The number of likely N-dealkylation sites (tertiary alicyclic amines) is 1. The first-order valence-corrected chi connectivity index (χ1v) is 10.7. The summed E-state index contributed by atoms with van der Waals surface area (Å²) in [5, 5.41) is 0. The van der Waals surface area contributed by atoms with E-state index in [1.54, 1.807) is 5.57 Å². The molecule has 0 aliphatic carbocycles. The molecule has 0 spiro atoms. The molecule has 2 rings (SSSR count). The normalized spacial score (nSPS) is 27.6. The summed E-state index contributed by atoms with van der Waals surface area (Å²) in [6, 6.07) is 0.763. The molecule has 2 aliphatic rings. The van der Waals surface area contributed by atoms with Crippen LogP contribution in [0.2, 0.25) is 0 Å². The quantitative estimate of drug-likeness (QED) is 0.550. The van der Waals surface area contributed by atoms with Crippen LogP contribution in [0.25, 0.3) is 0 Å². The molecule has 3 unspecified atom stereocenters. The van der Waals surface area contributed by atoms with E-state index in [1.165, 1.54) is 6.42 Å². The van der Waals surface area contributed by atoms with E-state index < -0.39 is 11.8 Å². The lowest BCUT2D eigenvalue weighted by atomic mass is 9.83. The average molecular weight is 371 g/mol. The highest BCUT2D eigenvalue weighted by Gasteiger charge is 2.46. The van der Waals surface area contributed by atoms with Crippen molar-refractivity contribution >= 4 is 0 Å². The van der Waals surface area contributed by atoms with Crippen LogP contribution in [0.1, 0.15) is 67.2 Å². The monoisotopic (exact) mass is 370 g/mol. The molecule has 3 atom stereocenters. The summed E-state index contributed by atoms with van der Waals surface area (Å²) in [7, 11) is 0. The van der Waals surface area contributed by atoms with Crippen LogP contribution in [-0.2, 0) is 0 Å². The summed E-state index contributed by atoms with van der Waals surface area (Å²) in [6.45, 7) is 15.8. The first kappa shape index (κ1) is 21.8. The molecule has 0 aromatic heterocycles. The fourth-order valence-corrected chi connectivity index (χ4v) is 4.65. The molecule has 1 saturated heterocycles. The smallest absolute Gasteiger partial charge is 0.263 e. The first-order valence-electron chi connectivity index (χ1n) is 10.7. The van der Waals surface area contributed by atoms with Gasteiger partial charge in [0.25, 0.3) is 5.92 Å². The third-order valence-electron chi connectivity index (χ3n) is 6.75. The zero-order chi connectivity index (χ0) is 19.5. The van der Waals surface area contributed by atoms with Crippen LogP contribution >= 0.6 is 0 Å². The van der Waals surface area contributed by atoms with E-state index in [0.29, 0.717) is 18.4 Å². The molecular weight excluding hydrogens is 330 g/mol. The van der Waals surface area contributed by atoms with E-state index in [-0.39, 0.29) is 18.5 Å². The van der Waals surface area contributed by atoms with Gasteiger partial charge in [0.1, 0.15) is 0 Å². The number of alkyl halides is 2. The van der Waals surface area contributed by atoms with E-state index >= 15 is 0 Å². The number of halogens is 2. The third kappa shape index (κ3) is 5.51. The van der Waals surface area contributed by atoms with Crippen molar-refractivity contribution in [3.63, 3.8) is 0 Å². The minimum atomic E-state index is -2.54. The van der Waals surface area contributed by atoms with Gasteiger partial charge in [-0.3, -0.25) is 9.80 Å². The fourth-order valence-electron chi connectivity index (χ4n) is 4.65. The van der Waals surface area contributed by atoms with E-state index in [2.05, 4.69) is 38.7 Å². The van der Waals surface area contributed by atoms with Crippen molar-refractivity contribution in [1.82, 2.24) is 9.80 Å². The number of rotatable bonds is 7. The largest absolute Gasteiger partial charge is 0.297 e. The molecule has 0 saturated carbocycles. The van der Waals surface area contributed by atoms with Crippen molar-refractivity contribution in [2.24, 2.45) is 17.8 Å². The van der Waals surface area contributed by atoms with Gasteiger partial charge < -0.3 is 0 Å². The molecule has 0 aromatic carbocycles. The molecule has 0 amide bonds. The lowest BCUT2D eigenvalue weighted by molar-refractivity contribution is -0.132. The number of piperidine rings is 1. The number of nitrogens with zero attached hydrogens (tertiary/aromatic N) is 2. The van der Waals surface area contributed by atoms with E-state index in [4.69, 9.17) is 0 Å². The maximum atomic E-state index is 14.5. The van der Waals surface area contributed by atoms with Crippen LogP contribution in [0.3, 0.4) is 0 Å². The van der Waals surface area contributed by atoms with Gasteiger partial charge in [-0.1, -0.05) is 39.3 Å². The van der Waals surface area contributed by atoms with Gasteiger partial charge in [0, 0.05) is 31.1 Å². The minimum absolute atomic E-state index is 0.0599. The van der Waals surface area contributed by atoms with Crippen LogP contribution in [0.15, 0.2) is 11.6 Å². The molecular formula is C22H40F2N2. The number of hydrogen-bond acceptors (Lipinski definition) is 2. The SMILES string of the molecule is CC(C)C1=CCN(C(C)CCC(C)N2CCC(C(C)C)C(F)(F)C2)CC1. The van der Waals surface area contributed by atoms with Crippen molar-refractivity contribution in [3.05, 3.63) is 11.6 Å². The zero-order valence-corrected chi connectivity index (χ0v) is 17.8. The summed E-state index contributed by atoms with van der Waals surface area (Å²) in [4.78, 5) is 4.57. The van der Waals surface area contributed by atoms with Crippen LogP contribution in [0.5, 0.6) is 0 Å². The van der Waals surface area contributed by atoms with Gasteiger partial charge in [0.2, 0.25) is 0 Å². The topological polar surface area (TPSA) is 6.48 Å². The molecule has 0 bridgehead atoms. The fraction of sp³-hybridized carbons (Fsp3) is 0.909. The Morgan fingerprint density at radius 2 is 1.62 bits per heavy atom. The van der Waals surface area contributed by atoms with Crippen molar-refractivity contribution in [3.8, 4) is 0 Å². The summed E-state index contributed by atoms with van der Waals surface area (Å²) in [6.07, 6.45) is 6.28. The molecule has 26 heavy (non-hydrogen) atoms. The summed E-state index contributed by atoms with van der Waals surface area (Å²) < 4.78 is 28.9. The zero-order valence-electron chi connectivity index (χ0n) is 17.8. The molecule has 0 aromatic rings. The average Bonchev–Trinajstić information content (AvgIpc) is 2.58. The standard InChI is InChI=1S/C22H40F2N2/c1-16(2)20-9-12-25(13-10-20)18(5)7-8-19(6)26-14-11-21(17(3)4)22(23,24)15-26/h9,16-19,21H,7-8,10-15H2,1-6H3. The highest BCUT2D eigenvalue weighted by molar-refractivity contribution is 5.09. The van der Waals surface area contributed by atoms with Crippen molar-refractivity contribution in [1.29, 1.82) is 0 Å². The number of hydrogen-bond donors (Lipinski definition) is 0. The van der Waals surface area contributed by atoms with Crippen LogP contribution in [0.4, 0.5) is 8.78 Å². The summed E-state index contributed by atoms with van der Waals surface area (Å²) >= 11 is 0. The van der Waals surface area contributed by atoms with E-state index in [9.17, 15) is 8.78 Å². The Bertz CT molecular complexity index is 473. The molecule has 4 heteroatoms. The van der Waals surface area contributed by atoms with Crippen LogP contribution in [0, 0.1) is 17.8 Å². The lowest BCUT2D eigenvalue weighted by Gasteiger charge is -2.43. The predicted octanol–water partition coefficient (Wildman–Crippen LogP) is 5.44. The van der Waals surface area contributed by atoms with Crippen molar-refractivity contribution in [2.75, 3.05) is 26.2 Å². The van der Waals surface area contributed by atoms with Crippen molar-refractivity contribution in [2.45, 2.75) is 85.2 Å². The minimum Gasteiger partial charge on any atom is -0.297 e. The molecule has 152 valence electrons. The Morgan fingerprint density at radius 3 is 2.08 bits per heavy atom. The summed E-state index contributed by atoms with van der Waals surface area (Å²) in [5.74, 6) is -2.29. The van der Waals surface area contributed by atoms with Gasteiger partial charge >= 0.3 is 0 Å². The van der Waals surface area contributed by atoms with Gasteiger partial charge in [-0.05, 0) is 57.9 Å². The molecule has 0 N–H and O–H groups in total. The Morgan fingerprint density at radius 1 is 1.00 bits per heavy atom. The Labute approximate surface area is 160 Å². The Balaban J connectivity index is 1.79. The second kappa shape index (κ2) is 9.14. The maximum Gasteiger partial charge on any atom is 0.263 e. The lowest BCUT2D eigenvalue weighted by Crippen LogP contribution is -2.53. The highest BCUT2D eigenvalue weighted by atomic mass is 19.3. The van der Waals surface area contributed by atoms with Crippen molar-refractivity contribution < 1.29 is 8.78 Å².